The molecule has 1 unspecified atom stereocenters. The standard InChI is InChI=1S/C17H29NO2S/c1-16(2,3)14-6-4-13(5-7-14)10-15(19)18-11-17(20)8-9-21-12-17/h10,14,20H,4-9,11-12H2,1-3H3,(H,18,19). The van der Waals surface area contributed by atoms with E-state index in [1.165, 1.54) is 18.4 Å². The minimum absolute atomic E-state index is 0.0375. The van der Waals surface area contributed by atoms with E-state index in [9.17, 15) is 9.90 Å². The lowest BCUT2D eigenvalue weighted by molar-refractivity contribution is -0.117. The fourth-order valence-corrected chi connectivity index (χ4v) is 4.52. The van der Waals surface area contributed by atoms with Gasteiger partial charge in [0.15, 0.2) is 0 Å². The van der Waals surface area contributed by atoms with Gasteiger partial charge in [0.25, 0.3) is 0 Å². The molecule has 1 saturated heterocycles. The number of hydrogen-bond donors (Lipinski definition) is 2. The van der Waals surface area contributed by atoms with Gasteiger partial charge in [0.2, 0.25) is 5.91 Å². The average Bonchev–Trinajstić information content (AvgIpc) is 2.84. The van der Waals surface area contributed by atoms with Gasteiger partial charge in [-0.05, 0) is 49.2 Å². The molecule has 0 spiro atoms. The maximum atomic E-state index is 12.0. The average molecular weight is 311 g/mol. The summed E-state index contributed by atoms with van der Waals surface area (Å²) in [4.78, 5) is 12.0. The van der Waals surface area contributed by atoms with Crippen LogP contribution in [-0.4, -0.2) is 34.7 Å². The predicted octanol–water partition coefficient (Wildman–Crippen LogP) is 3.13. The van der Waals surface area contributed by atoms with Crippen LogP contribution in [0.3, 0.4) is 0 Å². The van der Waals surface area contributed by atoms with Gasteiger partial charge in [-0.3, -0.25) is 4.79 Å². The fraction of sp³-hybridized carbons (Fsp3) is 0.824. The summed E-state index contributed by atoms with van der Waals surface area (Å²) in [6, 6.07) is 0. The zero-order chi connectivity index (χ0) is 15.5. The van der Waals surface area contributed by atoms with Gasteiger partial charge >= 0.3 is 0 Å². The molecule has 2 rings (SSSR count). The topological polar surface area (TPSA) is 49.3 Å². The Hall–Kier alpha value is -0.480. The van der Waals surface area contributed by atoms with E-state index in [-0.39, 0.29) is 5.91 Å². The van der Waals surface area contributed by atoms with Crippen molar-refractivity contribution < 1.29 is 9.90 Å². The van der Waals surface area contributed by atoms with Gasteiger partial charge in [-0.1, -0.05) is 26.3 Å². The highest BCUT2D eigenvalue weighted by Crippen LogP contribution is 2.39. The van der Waals surface area contributed by atoms with Gasteiger partial charge in [0.1, 0.15) is 0 Å². The van der Waals surface area contributed by atoms with Crippen molar-refractivity contribution in [2.75, 3.05) is 18.1 Å². The minimum Gasteiger partial charge on any atom is -0.387 e. The number of thioether (sulfide) groups is 1. The SMILES string of the molecule is CC(C)(C)C1CCC(=CC(=O)NCC2(O)CCSC2)CC1. The van der Waals surface area contributed by atoms with Crippen LogP contribution in [0.25, 0.3) is 0 Å². The van der Waals surface area contributed by atoms with Crippen molar-refractivity contribution in [3.8, 4) is 0 Å². The van der Waals surface area contributed by atoms with Crippen LogP contribution in [0, 0.1) is 11.3 Å². The van der Waals surface area contributed by atoms with Crippen LogP contribution in [0.5, 0.6) is 0 Å². The van der Waals surface area contributed by atoms with E-state index in [2.05, 4.69) is 26.1 Å². The Morgan fingerprint density at radius 3 is 2.62 bits per heavy atom. The fourth-order valence-electron chi connectivity index (χ4n) is 3.22. The molecular formula is C17H29NO2S. The molecule has 3 nitrogen and oxygen atoms in total. The van der Waals surface area contributed by atoms with Crippen LogP contribution >= 0.6 is 11.8 Å². The van der Waals surface area contributed by atoms with Crippen molar-refractivity contribution in [1.82, 2.24) is 5.32 Å². The first-order valence-electron chi connectivity index (χ1n) is 8.06. The van der Waals surface area contributed by atoms with E-state index < -0.39 is 5.60 Å². The third-order valence-corrected chi connectivity index (χ3v) is 6.10. The lowest BCUT2D eigenvalue weighted by Gasteiger charge is -2.34. The summed E-state index contributed by atoms with van der Waals surface area (Å²) >= 11 is 1.75. The van der Waals surface area contributed by atoms with Gasteiger partial charge in [0.05, 0.1) is 5.60 Å². The molecule has 0 aromatic carbocycles. The lowest BCUT2D eigenvalue weighted by atomic mass is 9.71. The number of hydrogen-bond acceptors (Lipinski definition) is 3. The van der Waals surface area contributed by atoms with E-state index in [4.69, 9.17) is 0 Å². The van der Waals surface area contributed by atoms with E-state index >= 15 is 0 Å². The Morgan fingerprint density at radius 2 is 2.10 bits per heavy atom. The smallest absolute Gasteiger partial charge is 0.244 e. The molecule has 1 saturated carbocycles. The normalized spacial score (nSPS) is 30.3. The molecule has 2 fully saturated rings. The molecule has 1 atom stereocenters. The molecule has 1 heterocycles. The van der Waals surface area contributed by atoms with Gasteiger partial charge < -0.3 is 10.4 Å². The van der Waals surface area contributed by atoms with E-state index in [0.29, 0.717) is 12.0 Å². The Morgan fingerprint density at radius 1 is 1.43 bits per heavy atom. The number of carbonyl (C=O) groups excluding carboxylic acids is 1. The molecule has 0 radical (unpaired) electrons. The monoisotopic (exact) mass is 311 g/mol. The Balaban J connectivity index is 1.77. The van der Waals surface area contributed by atoms with Gasteiger partial charge in [-0.15, -0.1) is 0 Å². The third kappa shape index (κ3) is 5.03. The van der Waals surface area contributed by atoms with Gasteiger partial charge in [-0.2, -0.15) is 11.8 Å². The zero-order valence-corrected chi connectivity index (χ0v) is 14.4. The highest BCUT2D eigenvalue weighted by Gasteiger charge is 2.32. The summed E-state index contributed by atoms with van der Waals surface area (Å²) in [6.45, 7) is 7.30. The Labute approximate surface area is 133 Å². The lowest BCUT2D eigenvalue weighted by Crippen LogP contribution is -2.42. The van der Waals surface area contributed by atoms with Crippen LogP contribution in [0.1, 0.15) is 52.9 Å². The van der Waals surface area contributed by atoms with Crippen molar-refractivity contribution >= 4 is 17.7 Å². The number of rotatable bonds is 3. The molecule has 2 N–H and O–H groups in total. The van der Waals surface area contributed by atoms with E-state index in [0.717, 1.165) is 36.7 Å². The molecule has 1 amide bonds. The van der Waals surface area contributed by atoms with Crippen LogP contribution < -0.4 is 5.32 Å². The van der Waals surface area contributed by atoms with Crippen LogP contribution in [0.15, 0.2) is 11.6 Å². The highest BCUT2D eigenvalue weighted by molar-refractivity contribution is 7.99. The highest BCUT2D eigenvalue weighted by atomic mass is 32.2. The second-order valence-electron chi connectivity index (χ2n) is 7.69. The van der Waals surface area contributed by atoms with Crippen molar-refractivity contribution in [3.63, 3.8) is 0 Å². The van der Waals surface area contributed by atoms with E-state index in [1.54, 1.807) is 17.8 Å². The predicted molar refractivity (Wildman–Crippen MR) is 89.4 cm³/mol. The van der Waals surface area contributed by atoms with Crippen molar-refractivity contribution in [1.29, 1.82) is 0 Å². The molecule has 0 bridgehead atoms. The number of aliphatic hydroxyl groups is 1. The molecule has 120 valence electrons. The molecule has 2 aliphatic rings. The number of amides is 1. The molecule has 21 heavy (non-hydrogen) atoms. The second kappa shape index (κ2) is 6.74. The maximum absolute atomic E-state index is 12.0. The van der Waals surface area contributed by atoms with Crippen molar-refractivity contribution in [2.24, 2.45) is 11.3 Å². The quantitative estimate of drug-likeness (QED) is 0.787. The summed E-state index contributed by atoms with van der Waals surface area (Å²) in [5, 5.41) is 13.1. The first kappa shape index (κ1) is 16.9. The summed E-state index contributed by atoms with van der Waals surface area (Å²) in [5.74, 6) is 2.44. The second-order valence-corrected chi connectivity index (χ2v) is 8.79. The Kier molecular flexibility index (Phi) is 5.42. The minimum atomic E-state index is -0.692. The third-order valence-electron chi connectivity index (χ3n) is 4.86. The summed E-state index contributed by atoms with van der Waals surface area (Å²) < 4.78 is 0. The van der Waals surface area contributed by atoms with Crippen LogP contribution in [0.2, 0.25) is 0 Å². The molecular weight excluding hydrogens is 282 g/mol. The number of allylic oxidation sites excluding steroid dienone is 1. The van der Waals surface area contributed by atoms with Crippen molar-refractivity contribution in [3.05, 3.63) is 11.6 Å². The first-order chi connectivity index (χ1) is 9.78. The van der Waals surface area contributed by atoms with Gasteiger partial charge in [0, 0.05) is 18.4 Å². The Bertz CT molecular complexity index is 396. The van der Waals surface area contributed by atoms with Gasteiger partial charge in [-0.25, -0.2) is 0 Å². The molecule has 0 aromatic heterocycles. The zero-order valence-electron chi connectivity index (χ0n) is 13.6. The molecule has 4 heteroatoms. The molecule has 1 aliphatic carbocycles. The summed E-state index contributed by atoms with van der Waals surface area (Å²) in [7, 11) is 0. The molecule has 0 aromatic rings. The van der Waals surface area contributed by atoms with Crippen molar-refractivity contribution in [2.45, 2.75) is 58.5 Å². The summed E-state index contributed by atoms with van der Waals surface area (Å²) in [6.07, 6.45) is 6.99. The van der Waals surface area contributed by atoms with Crippen LogP contribution in [0.4, 0.5) is 0 Å². The number of carbonyl (C=O) groups is 1. The summed E-state index contributed by atoms with van der Waals surface area (Å²) in [5.41, 5.74) is 0.945. The first-order valence-corrected chi connectivity index (χ1v) is 9.21. The van der Waals surface area contributed by atoms with E-state index in [1.807, 2.05) is 0 Å². The van der Waals surface area contributed by atoms with Crippen LogP contribution in [-0.2, 0) is 4.79 Å². The molecule has 1 aliphatic heterocycles. The number of nitrogens with one attached hydrogen (secondary N) is 1. The maximum Gasteiger partial charge on any atom is 0.244 e. The largest absolute Gasteiger partial charge is 0.387 e.